The number of hydrogen-bond acceptors (Lipinski definition) is 5. The van der Waals surface area contributed by atoms with Gasteiger partial charge in [-0.15, -0.1) is 0 Å². The van der Waals surface area contributed by atoms with Gasteiger partial charge in [-0.05, 0) is 30.2 Å². The van der Waals surface area contributed by atoms with Gasteiger partial charge in [0, 0.05) is 18.7 Å². The number of non-ortho nitro benzene ring substituents is 1. The Morgan fingerprint density at radius 2 is 2.08 bits per heavy atom. The Hall–Kier alpha value is -3.42. The summed E-state index contributed by atoms with van der Waals surface area (Å²) in [6.45, 7) is 2.45. The lowest BCUT2D eigenvalue weighted by Gasteiger charge is -2.10. The first-order chi connectivity index (χ1) is 12.5. The SMILES string of the molecule is CCCCNC(=O)/C(=C\c1cccc([N+](=O)[O-])c1)NC(=O)c1ccco1. The molecule has 2 aromatic rings. The second-order valence-corrected chi connectivity index (χ2v) is 5.45. The van der Waals surface area contributed by atoms with Crippen molar-refractivity contribution in [2.75, 3.05) is 6.54 Å². The summed E-state index contributed by atoms with van der Waals surface area (Å²) in [6, 6.07) is 8.80. The van der Waals surface area contributed by atoms with Crippen LogP contribution in [0, 0.1) is 10.1 Å². The number of unbranched alkanes of at least 4 members (excludes halogenated alkanes) is 1. The number of nitrogens with zero attached hydrogens (tertiary/aromatic N) is 1. The second-order valence-electron chi connectivity index (χ2n) is 5.45. The fraction of sp³-hybridized carbons (Fsp3) is 0.222. The van der Waals surface area contributed by atoms with Crippen molar-refractivity contribution in [3.05, 3.63) is 69.8 Å². The fourth-order valence-electron chi connectivity index (χ4n) is 2.12. The Bertz CT molecular complexity index is 812. The molecule has 0 fully saturated rings. The molecule has 1 heterocycles. The van der Waals surface area contributed by atoms with Crippen LogP contribution in [-0.4, -0.2) is 23.3 Å². The highest BCUT2D eigenvalue weighted by Crippen LogP contribution is 2.15. The van der Waals surface area contributed by atoms with Gasteiger partial charge >= 0.3 is 0 Å². The van der Waals surface area contributed by atoms with Gasteiger partial charge in [0.25, 0.3) is 17.5 Å². The molecular formula is C18H19N3O5. The number of benzene rings is 1. The number of hydrogen-bond donors (Lipinski definition) is 2. The summed E-state index contributed by atoms with van der Waals surface area (Å²) in [5, 5.41) is 16.1. The molecule has 0 unspecified atom stereocenters. The normalized spacial score (nSPS) is 11.0. The second kappa shape index (κ2) is 9.16. The van der Waals surface area contributed by atoms with Crippen molar-refractivity contribution < 1.29 is 18.9 Å². The minimum absolute atomic E-state index is 0.0250. The third-order valence-electron chi connectivity index (χ3n) is 3.45. The van der Waals surface area contributed by atoms with E-state index in [2.05, 4.69) is 10.6 Å². The highest BCUT2D eigenvalue weighted by Gasteiger charge is 2.16. The molecule has 0 aliphatic carbocycles. The molecule has 1 aromatic heterocycles. The first kappa shape index (κ1) is 18.9. The molecule has 0 aliphatic heterocycles. The molecule has 2 amide bonds. The van der Waals surface area contributed by atoms with Crippen LogP contribution in [0.5, 0.6) is 0 Å². The van der Waals surface area contributed by atoms with E-state index in [1.165, 1.54) is 36.6 Å². The first-order valence-electron chi connectivity index (χ1n) is 8.10. The van der Waals surface area contributed by atoms with Crippen LogP contribution in [-0.2, 0) is 4.79 Å². The lowest BCUT2D eigenvalue weighted by molar-refractivity contribution is -0.384. The van der Waals surface area contributed by atoms with Crippen LogP contribution in [0.25, 0.3) is 6.08 Å². The van der Waals surface area contributed by atoms with Gasteiger partial charge in [-0.3, -0.25) is 19.7 Å². The maximum Gasteiger partial charge on any atom is 0.291 e. The Morgan fingerprint density at radius 3 is 2.73 bits per heavy atom. The van der Waals surface area contributed by atoms with Crippen LogP contribution in [0.15, 0.2) is 52.8 Å². The van der Waals surface area contributed by atoms with Gasteiger partial charge in [0.05, 0.1) is 11.2 Å². The third kappa shape index (κ3) is 5.30. The summed E-state index contributed by atoms with van der Waals surface area (Å²) in [4.78, 5) is 34.9. The standard InChI is InChI=1S/C18H19N3O5/c1-2-3-9-19-17(22)15(20-18(23)16-8-5-10-26-16)12-13-6-4-7-14(11-13)21(24)25/h4-8,10-12H,2-3,9H2,1H3,(H,19,22)(H,20,23)/b15-12+. The van der Waals surface area contributed by atoms with Crippen molar-refractivity contribution in [1.29, 1.82) is 0 Å². The van der Waals surface area contributed by atoms with Crippen molar-refractivity contribution in [2.45, 2.75) is 19.8 Å². The van der Waals surface area contributed by atoms with Crippen LogP contribution in [0.2, 0.25) is 0 Å². The summed E-state index contributed by atoms with van der Waals surface area (Å²) < 4.78 is 5.01. The smallest absolute Gasteiger partial charge is 0.291 e. The van der Waals surface area contributed by atoms with Crippen molar-refractivity contribution >= 4 is 23.6 Å². The maximum atomic E-state index is 12.4. The number of rotatable bonds is 8. The first-order valence-corrected chi connectivity index (χ1v) is 8.10. The van der Waals surface area contributed by atoms with E-state index in [4.69, 9.17) is 4.42 Å². The van der Waals surface area contributed by atoms with Crippen LogP contribution in [0.4, 0.5) is 5.69 Å². The van der Waals surface area contributed by atoms with Crippen LogP contribution >= 0.6 is 0 Å². The van der Waals surface area contributed by atoms with Crippen LogP contribution in [0.1, 0.15) is 35.9 Å². The molecule has 0 atom stereocenters. The van der Waals surface area contributed by atoms with E-state index in [0.29, 0.717) is 12.1 Å². The highest BCUT2D eigenvalue weighted by atomic mass is 16.6. The zero-order valence-corrected chi connectivity index (χ0v) is 14.2. The largest absolute Gasteiger partial charge is 0.459 e. The molecule has 0 spiro atoms. The molecule has 0 saturated carbocycles. The fourth-order valence-corrected chi connectivity index (χ4v) is 2.12. The van der Waals surface area contributed by atoms with Crippen molar-refractivity contribution in [3.63, 3.8) is 0 Å². The molecule has 0 aliphatic rings. The summed E-state index contributed by atoms with van der Waals surface area (Å²) in [6.07, 6.45) is 4.43. The van der Waals surface area contributed by atoms with Crippen molar-refractivity contribution in [1.82, 2.24) is 10.6 Å². The predicted molar refractivity (Wildman–Crippen MR) is 95.2 cm³/mol. The lowest BCUT2D eigenvalue weighted by Crippen LogP contribution is -2.35. The minimum atomic E-state index is -0.586. The third-order valence-corrected chi connectivity index (χ3v) is 3.45. The molecule has 0 radical (unpaired) electrons. The van der Waals surface area contributed by atoms with Crippen molar-refractivity contribution in [3.8, 4) is 0 Å². The number of amides is 2. The molecule has 0 bridgehead atoms. The number of carbonyl (C=O) groups is 2. The van der Waals surface area contributed by atoms with Crippen molar-refractivity contribution in [2.24, 2.45) is 0 Å². The monoisotopic (exact) mass is 357 g/mol. The average Bonchev–Trinajstić information content (AvgIpc) is 3.16. The number of nitrogens with one attached hydrogen (secondary N) is 2. The summed E-state index contributed by atoms with van der Waals surface area (Å²) in [7, 11) is 0. The average molecular weight is 357 g/mol. The molecule has 2 N–H and O–H groups in total. The Morgan fingerprint density at radius 1 is 1.27 bits per heavy atom. The van der Waals surface area contributed by atoms with Gasteiger partial charge in [0.2, 0.25) is 0 Å². The van der Waals surface area contributed by atoms with E-state index in [-0.39, 0.29) is 17.1 Å². The zero-order valence-electron chi connectivity index (χ0n) is 14.2. The van der Waals surface area contributed by atoms with Gasteiger partial charge < -0.3 is 15.1 Å². The minimum Gasteiger partial charge on any atom is -0.459 e. The summed E-state index contributed by atoms with van der Waals surface area (Å²) >= 11 is 0. The molecule has 1 aromatic carbocycles. The van der Waals surface area contributed by atoms with Gasteiger partial charge in [-0.25, -0.2) is 0 Å². The van der Waals surface area contributed by atoms with Gasteiger partial charge in [0.1, 0.15) is 5.70 Å². The highest BCUT2D eigenvalue weighted by molar-refractivity contribution is 6.04. The van der Waals surface area contributed by atoms with Gasteiger partial charge in [-0.2, -0.15) is 0 Å². The Kier molecular flexibility index (Phi) is 6.67. The molecule has 136 valence electrons. The maximum absolute atomic E-state index is 12.4. The molecule has 2 rings (SSSR count). The zero-order chi connectivity index (χ0) is 18.9. The number of furan rings is 1. The number of carbonyl (C=O) groups excluding carboxylic acids is 2. The quantitative estimate of drug-likeness (QED) is 0.326. The van der Waals surface area contributed by atoms with Gasteiger partial charge in [-0.1, -0.05) is 25.5 Å². The van der Waals surface area contributed by atoms with E-state index in [0.717, 1.165) is 12.8 Å². The van der Waals surface area contributed by atoms with E-state index in [1.807, 2.05) is 6.92 Å². The van der Waals surface area contributed by atoms with E-state index in [9.17, 15) is 19.7 Å². The Balaban J connectivity index is 2.26. The van der Waals surface area contributed by atoms with E-state index >= 15 is 0 Å². The molecule has 0 saturated heterocycles. The number of nitro benzene ring substituents is 1. The van der Waals surface area contributed by atoms with Gasteiger partial charge in [0.15, 0.2) is 5.76 Å². The lowest BCUT2D eigenvalue weighted by atomic mass is 10.1. The van der Waals surface area contributed by atoms with Crippen LogP contribution < -0.4 is 10.6 Å². The van der Waals surface area contributed by atoms with E-state index in [1.54, 1.807) is 12.1 Å². The molecular weight excluding hydrogens is 338 g/mol. The summed E-state index contributed by atoms with van der Waals surface area (Å²) in [5.41, 5.74) is 0.282. The predicted octanol–water partition coefficient (Wildman–Crippen LogP) is 2.88. The van der Waals surface area contributed by atoms with E-state index < -0.39 is 16.7 Å². The molecule has 8 heteroatoms. The molecule has 26 heavy (non-hydrogen) atoms. The summed E-state index contributed by atoms with van der Waals surface area (Å²) in [5.74, 6) is -1.02. The topological polar surface area (TPSA) is 114 Å². The van der Waals surface area contributed by atoms with Crippen LogP contribution in [0.3, 0.4) is 0 Å². The number of nitro groups is 1. The molecule has 8 nitrogen and oxygen atoms in total. The Labute approximate surface area is 150 Å².